The van der Waals surface area contributed by atoms with Crippen molar-refractivity contribution in [2.45, 2.75) is 44.6 Å². The van der Waals surface area contributed by atoms with Crippen molar-refractivity contribution in [3.8, 4) is 0 Å². The lowest BCUT2D eigenvalue weighted by Crippen LogP contribution is -2.29. The molecule has 3 N–H and O–H groups in total. The molecule has 1 fully saturated rings. The average molecular weight is 276 g/mol. The molecule has 4 nitrogen and oxygen atoms in total. The second-order valence-corrected chi connectivity index (χ2v) is 5.33. The van der Waals surface area contributed by atoms with Crippen LogP contribution in [0.15, 0.2) is 24.3 Å². The van der Waals surface area contributed by atoms with Crippen LogP contribution in [0, 0.1) is 0 Å². The van der Waals surface area contributed by atoms with Crippen LogP contribution in [0.2, 0.25) is 0 Å². The highest BCUT2D eigenvalue weighted by Crippen LogP contribution is 2.15. The molecule has 20 heavy (non-hydrogen) atoms. The molecule has 1 aliphatic rings. The van der Waals surface area contributed by atoms with Gasteiger partial charge in [0.25, 0.3) is 0 Å². The first-order valence-corrected chi connectivity index (χ1v) is 7.47. The van der Waals surface area contributed by atoms with Crippen LogP contribution < -0.4 is 11.1 Å². The van der Waals surface area contributed by atoms with Crippen LogP contribution in [0.4, 0.5) is 5.69 Å². The highest BCUT2D eigenvalue weighted by Gasteiger charge is 2.13. The number of carbonyl (C=O) groups excluding carboxylic acids is 1. The largest absolute Gasteiger partial charge is 0.399 e. The molecular formula is C16H24N2O2. The Labute approximate surface area is 120 Å². The van der Waals surface area contributed by atoms with Gasteiger partial charge in [-0.15, -0.1) is 0 Å². The minimum atomic E-state index is 0.0871. The minimum Gasteiger partial charge on any atom is -0.399 e. The molecule has 1 amide bonds. The van der Waals surface area contributed by atoms with Crippen LogP contribution in [0.3, 0.4) is 0 Å². The lowest BCUT2D eigenvalue weighted by molar-refractivity contribution is -0.121. The number of nitrogen functional groups attached to an aromatic ring is 1. The number of amides is 1. The van der Waals surface area contributed by atoms with E-state index in [-0.39, 0.29) is 5.91 Å². The zero-order valence-electron chi connectivity index (χ0n) is 11.9. The summed E-state index contributed by atoms with van der Waals surface area (Å²) in [7, 11) is 0. The SMILES string of the molecule is Nc1ccccc1CCC(=O)NCCC1CCCCO1. The van der Waals surface area contributed by atoms with E-state index in [9.17, 15) is 4.79 Å². The van der Waals surface area contributed by atoms with E-state index in [0.29, 0.717) is 25.5 Å². The number of hydrogen-bond acceptors (Lipinski definition) is 3. The third-order valence-electron chi connectivity index (χ3n) is 3.74. The second-order valence-electron chi connectivity index (χ2n) is 5.33. The van der Waals surface area contributed by atoms with Crippen molar-refractivity contribution in [1.82, 2.24) is 5.32 Å². The third-order valence-corrected chi connectivity index (χ3v) is 3.74. The summed E-state index contributed by atoms with van der Waals surface area (Å²) in [6.07, 6.45) is 5.95. The van der Waals surface area contributed by atoms with E-state index in [0.717, 1.165) is 30.7 Å². The molecule has 1 aliphatic heterocycles. The number of nitrogens with two attached hydrogens (primary N) is 1. The zero-order chi connectivity index (χ0) is 14.2. The van der Waals surface area contributed by atoms with Crippen LogP contribution in [-0.2, 0) is 16.0 Å². The summed E-state index contributed by atoms with van der Waals surface area (Å²) in [5.74, 6) is 0.0871. The van der Waals surface area contributed by atoms with Gasteiger partial charge >= 0.3 is 0 Å². The van der Waals surface area contributed by atoms with E-state index >= 15 is 0 Å². The van der Waals surface area contributed by atoms with Crippen molar-refractivity contribution < 1.29 is 9.53 Å². The molecular weight excluding hydrogens is 252 g/mol. The quantitative estimate of drug-likeness (QED) is 0.783. The van der Waals surface area contributed by atoms with E-state index < -0.39 is 0 Å². The van der Waals surface area contributed by atoms with Crippen molar-refractivity contribution in [2.75, 3.05) is 18.9 Å². The summed E-state index contributed by atoms with van der Waals surface area (Å²) in [4.78, 5) is 11.8. The van der Waals surface area contributed by atoms with Crippen molar-refractivity contribution >= 4 is 11.6 Å². The van der Waals surface area contributed by atoms with Gasteiger partial charge in [-0.1, -0.05) is 18.2 Å². The summed E-state index contributed by atoms with van der Waals surface area (Å²) in [5.41, 5.74) is 7.66. The Hall–Kier alpha value is -1.55. The monoisotopic (exact) mass is 276 g/mol. The Balaban J connectivity index is 1.62. The van der Waals surface area contributed by atoms with Crippen molar-refractivity contribution in [3.05, 3.63) is 29.8 Å². The topological polar surface area (TPSA) is 64.4 Å². The molecule has 4 heteroatoms. The number of carbonyl (C=O) groups is 1. The lowest BCUT2D eigenvalue weighted by atomic mass is 10.1. The van der Waals surface area contributed by atoms with E-state index in [1.807, 2.05) is 24.3 Å². The predicted molar refractivity (Wildman–Crippen MR) is 80.4 cm³/mol. The summed E-state index contributed by atoms with van der Waals surface area (Å²) >= 11 is 0. The Morgan fingerprint density at radius 2 is 2.20 bits per heavy atom. The van der Waals surface area contributed by atoms with Gasteiger partial charge in [-0.05, 0) is 43.7 Å². The van der Waals surface area contributed by atoms with Crippen LogP contribution in [0.25, 0.3) is 0 Å². The predicted octanol–water partition coefficient (Wildman–Crippen LogP) is 2.28. The van der Waals surface area contributed by atoms with Gasteiger partial charge in [0, 0.05) is 25.3 Å². The van der Waals surface area contributed by atoms with Gasteiger partial charge in [0.15, 0.2) is 0 Å². The maximum atomic E-state index is 11.8. The zero-order valence-corrected chi connectivity index (χ0v) is 11.9. The molecule has 0 saturated carbocycles. The van der Waals surface area contributed by atoms with Crippen molar-refractivity contribution in [2.24, 2.45) is 0 Å². The number of hydrogen-bond donors (Lipinski definition) is 2. The Morgan fingerprint density at radius 3 is 2.95 bits per heavy atom. The minimum absolute atomic E-state index is 0.0871. The first kappa shape index (κ1) is 14.9. The smallest absolute Gasteiger partial charge is 0.220 e. The highest BCUT2D eigenvalue weighted by atomic mass is 16.5. The number of para-hydroxylation sites is 1. The molecule has 1 unspecified atom stereocenters. The highest BCUT2D eigenvalue weighted by molar-refractivity contribution is 5.76. The Bertz CT molecular complexity index is 428. The van der Waals surface area contributed by atoms with Gasteiger partial charge in [-0.25, -0.2) is 0 Å². The number of aryl methyl sites for hydroxylation is 1. The van der Waals surface area contributed by atoms with Gasteiger partial charge in [-0.3, -0.25) is 4.79 Å². The van der Waals surface area contributed by atoms with Crippen LogP contribution in [0.1, 0.15) is 37.7 Å². The fourth-order valence-corrected chi connectivity index (χ4v) is 2.51. The molecule has 1 atom stereocenters. The third kappa shape index (κ3) is 4.85. The van der Waals surface area contributed by atoms with Crippen LogP contribution in [-0.4, -0.2) is 25.2 Å². The number of ether oxygens (including phenoxy) is 1. The van der Waals surface area contributed by atoms with Gasteiger partial charge < -0.3 is 15.8 Å². The van der Waals surface area contributed by atoms with Crippen LogP contribution in [0.5, 0.6) is 0 Å². The van der Waals surface area contributed by atoms with Gasteiger partial charge in [-0.2, -0.15) is 0 Å². The van der Waals surface area contributed by atoms with Gasteiger partial charge in [0.05, 0.1) is 6.10 Å². The summed E-state index contributed by atoms with van der Waals surface area (Å²) < 4.78 is 5.64. The first-order chi connectivity index (χ1) is 9.75. The van der Waals surface area contributed by atoms with Gasteiger partial charge in [0.1, 0.15) is 0 Å². The molecule has 1 heterocycles. The summed E-state index contributed by atoms with van der Waals surface area (Å²) in [5, 5.41) is 2.96. The normalized spacial score (nSPS) is 18.7. The number of benzene rings is 1. The van der Waals surface area contributed by atoms with Crippen molar-refractivity contribution in [3.63, 3.8) is 0 Å². The molecule has 1 aromatic rings. The Kier molecular flexibility index (Phi) is 5.87. The molecule has 1 aromatic carbocycles. The number of nitrogens with one attached hydrogen (secondary N) is 1. The van der Waals surface area contributed by atoms with Crippen LogP contribution >= 0.6 is 0 Å². The molecule has 110 valence electrons. The average Bonchev–Trinajstić information content (AvgIpc) is 2.47. The van der Waals surface area contributed by atoms with E-state index in [4.69, 9.17) is 10.5 Å². The van der Waals surface area contributed by atoms with E-state index in [1.165, 1.54) is 12.8 Å². The summed E-state index contributed by atoms with van der Waals surface area (Å²) in [6, 6.07) is 7.69. The molecule has 0 aliphatic carbocycles. The standard InChI is InChI=1S/C16H24N2O2/c17-15-7-2-1-5-13(15)8-9-16(19)18-11-10-14-6-3-4-12-20-14/h1-2,5,7,14H,3-4,6,8-12,17H2,(H,18,19). The molecule has 0 radical (unpaired) electrons. The maximum absolute atomic E-state index is 11.8. The van der Waals surface area contributed by atoms with Crippen molar-refractivity contribution in [1.29, 1.82) is 0 Å². The molecule has 1 saturated heterocycles. The Morgan fingerprint density at radius 1 is 1.35 bits per heavy atom. The maximum Gasteiger partial charge on any atom is 0.220 e. The molecule has 0 spiro atoms. The fraction of sp³-hybridized carbons (Fsp3) is 0.562. The lowest BCUT2D eigenvalue weighted by Gasteiger charge is -2.22. The number of rotatable bonds is 6. The van der Waals surface area contributed by atoms with Gasteiger partial charge in [0.2, 0.25) is 5.91 Å². The first-order valence-electron chi connectivity index (χ1n) is 7.47. The molecule has 0 aromatic heterocycles. The fourth-order valence-electron chi connectivity index (χ4n) is 2.51. The summed E-state index contributed by atoms with van der Waals surface area (Å²) in [6.45, 7) is 1.57. The number of anilines is 1. The molecule has 2 rings (SSSR count). The second kappa shape index (κ2) is 7.90. The van der Waals surface area contributed by atoms with E-state index in [2.05, 4.69) is 5.32 Å². The van der Waals surface area contributed by atoms with E-state index in [1.54, 1.807) is 0 Å². The molecule has 0 bridgehead atoms.